The van der Waals surface area contributed by atoms with Crippen molar-refractivity contribution >= 4 is 29.3 Å². The van der Waals surface area contributed by atoms with Crippen LogP contribution in [-0.2, 0) is 4.79 Å². The predicted octanol–water partition coefficient (Wildman–Crippen LogP) is 2.49. The van der Waals surface area contributed by atoms with E-state index in [0.717, 1.165) is 10.6 Å². The molecule has 1 rings (SSSR count). The van der Waals surface area contributed by atoms with Gasteiger partial charge in [-0.1, -0.05) is 11.6 Å². The molecule has 0 aliphatic carbocycles. The van der Waals surface area contributed by atoms with Gasteiger partial charge >= 0.3 is 5.97 Å². The van der Waals surface area contributed by atoms with Gasteiger partial charge in [-0.2, -0.15) is 0 Å². The van der Waals surface area contributed by atoms with E-state index in [2.05, 4.69) is 5.32 Å². The van der Waals surface area contributed by atoms with E-state index in [1.165, 1.54) is 0 Å². The summed E-state index contributed by atoms with van der Waals surface area (Å²) in [6, 6.07) is 7.05. The standard InChI is InChI=1S/C11H14ClNO2S/c1-13-10(11(14)15)6-7-16-9-4-2-8(12)3-5-9/h2-5,10,13H,6-7H2,1H3,(H,14,15). The van der Waals surface area contributed by atoms with Gasteiger partial charge < -0.3 is 10.4 Å². The van der Waals surface area contributed by atoms with Gasteiger partial charge in [0, 0.05) is 15.7 Å². The first-order valence-electron chi connectivity index (χ1n) is 4.92. The quantitative estimate of drug-likeness (QED) is 0.771. The zero-order valence-corrected chi connectivity index (χ0v) is 10.5. The Morgan fingerprint density at radius 3 is 2.62 bits per heavy atom. The molecule has 0 aliphatic heterocycles. The van der Waals surface area contributed by atoms with Crippen molar-refractivity contribution in [3.8, 4) is 0 Å². The number of rotatable bonds is 6. The number of carboxylic acids is 1. The fraction of sp³-hybridized carbons (Fsp3) is 0.364. The highest BCUT2D eigenvalue weighted by Gasteiger charge is 2.13. The van der Waals surface area contributed by atoms with Gasteiger partial charge in [-0.15, -0.1) is 11.8 Å². The molecule has 0 saturated heterocycles. The third-order valence-electron chi connectivity index (χ3n) is 2.14. The summed E-state index contributed by atoms with van der Waals surface area (Å²) in [5, 5.41) is 12.3. The number of likely N-dealkylation sites (N-methyl/N-ethyl adjacent to an activating group) is 1. The summed E-state index contributed by atoms with van der Waals surface area (Å²) >= 11 is 7.39. The van der Waals surface area contributed by atoms with Crippen molar-refractivity contribution in [2.24, 2.45) is 0 Å². The highest BCUT2D eigenvalue weighted by atomic mass is 35.5. The fourth-order valence-corrected chi connectivity index (χ4v) is 2.26. The number of carboxylic acid groups (broad SMARTS) is 1. The van der Waals surface area contributed by atoms with Crippen molar-refractivity contribution in [1.82, 2.24) is 5.32 Å². The lowest BCUT2D eigenvalue weighted by Crippen LogP contribution is -2.34. The molecule has 5 heteroatoms. The van der Waals surface area contributed by atoms with Crippen molar-refractivity contribution in [1.29, 1.82) is 0 Å². The maximum absolute atomic E-state index is 10.7. The Morgan fingerprint density at radius 1 is 1.50 bits per heavy atom. The normalized spacial score (nSPS) is 12.4. The van der Waals surface area contributed by atoms with Crippen LogP contribution in [0.15, 0.2) is 29.2 Å². The van der Waals surface area contributed by atoms with E-state index in [0.29, 0.717) is 11.4 Å². The number of nitrogens with one attached hydrogen (secondary N) is 1. The van der Waals surface area contributed by atoms with E-state index >= 15 is 0 Å². The second-order valence-corrected chi connectivity index (χ2v) is 4.88. The topological polar surface area (TPSA) is 49.3 Å². The van der Waals surface area contributed by atoms with Crippen LogP contribution in [0, 0.1) is 0 Å². The van der Waals surface area contributed by atoms with E-state index < -0.39 is 12.0 Å². The number of benzene rings is 1. The molecule has 0 bridgehead atoms. The maximum Gasteiger partial charge on any atom is 0.320 e. The van der Waals surface area contributed by atoms with E-state index in [-0.39, 0.29) is 0 Å². The van der Waals surface area contributed by atoms with E-state index in [4.69, 9.17) is 16.7 Å². The molecule has 0 spiro atoms. The minimum absolute atomic E-state index is 0.472. The second-order valence-electron chi connectivity index (χ2n) is 3.27. The van der Waals surface area contributed by atoms with Crippen molar-refractivity contribution in [3.63, 3.8) is 0 Å². The van der Waals surface area contributed by atoms with Gasteiger partial charge in [0.2, 0.25) is 0 Å². The average Bonchev–Trinajstić information content (AvgIpc) is 2.26. The van der Waals surface area contributed by atoms with Crippen molar-refractivity contribution < 1.29 is 9.90 Å². The van der Waals surface area contributed by atoms with Gasteiger partial charge in [0.15, 0.2) is 0 Å². The summed E-state index contributed by atoms with van der Waals surface area (Å²) in [7, 11) is 1.66. The summed E-state index contributed by atoms with van der Waals surface area (Å²) in [5.41, 5.74) is 0. The van der Waals surface area contributed by atoms with Crippen LogP contribution in [0.3, 0.4) is 0 Å². The van der Waals surface area contributed by atoms with Crippen LogP contribution < -0.4 is 5.32 Å². The molecule has 1 unspecified atom stereocenters. The van der Waals surface area contributed by atoms with E-state index in [1.807, 2.05) is 24.3 Å². The minimum atomic E-state index is -0.806. The van der Waals surface area contributed by atoms with E-state index in [1.54, 1.807) is 18.8 Å². The third kappa shape index (κ3) is 4.43. The second kappa shape index (κ2) is 6.78. The Kier molecular flexibility index (Phi) is 5.66. The van der Waals surface area contributed by atoms with E-state index in [9.17, 15) is 4.79 Å². The molecule has 88 valence electrons. The van der Waals surface area contributed by atoms with Crippen molar-refractivity contribution in [3.05, 3.63) is 29.3 Å². The molecular formula is C11H14ClNO2S. The number of hydrogen-bond acceptors (Lipinski definition) is 3. The minimum Gasteiger partial charge on any atom is -0.480 e. The Morgan fingerprint density at radius 2 is 2.12 bits per heavy atom. The molecule has 1 aromatic carbocycles. The largest absolute Gasteiger partial charge is 0.480 e. The summed E-state index contributed by atoms with van der Waals surface area (Å²) < 4.78 is 0. The Bertz CT molecular complexity index is 342. The number of aliphatic carboxylic acids is 1. The lowest BCUT2D eigenvalue weighted by molar-refractivity contribution is -0.139. The summed E-state index contributed by atoms with van der Waals surface area (Å²) in [5.74, 6) is -0.0430. The number of carbonyl (C=O) groups is 1. The molecule has 1 atom stereocenters. The Hall–Kier alpha value is -0.710. The lowest BCUT2D eigenvalue weighted by Gasteiger charge is -2.10. The van der Waals surface area contributed by atoms with Crippen LogP contribution in [0.4, 0.5) is 0 Å². The van der Waals surface area contributed by atoms with Crippen LogP contribution in [0.25, 0.3) is 0 Å². The molecule has 0 radical (unpaired) electrons. The summed E-state index contributed by atoms with van der Waals surface area (Å²) in [4.78, 5) is 11.8. The first-order chi connectivity index (χ1) is 7.63. The monoisotopic (exact) mass is 259 g/mol. The molecule has 0 fully saturated rings. The SMILES string of the molecule is CNC(CCSc1ccc(Cl)cc1)C(=O)O. The van der Waals surface area contributed by atoms with Crippen LogP contribution in [0.5, 0.6) is 0 Å². The third-order valence-corrected chi connectivity index (χ3v) is 3.43. The zero-order chi connectivity index (χ0) is 12.0. The molecule has 0 heterocycles. The van der Waals surface area contributed by atoms with Crippen LogP contribution in [0.1, 0.15) is 6.42 Å². The summed E-state index contributed by atoms with van der Waals surface area (Å²) in [6.45, 7) is 0. The van der Waals surface area contributed by atoms with Crippen LogP contribution in [-0.4, -0.2) is 29.9 Å². The number of hydrogen-bond donors (Lipinski definition) is 2. The van der Waals surface area contributed by atoms with Gasteiger partial charge in [-0.25, -0.2) is 0 Å². The van der Waals surface area contributed by atoms with Gasteiger partial charge in [-0.05, 0) is 37.7 Å². The first-order valence-corrected chi connectivity index (χ1v) is 6.28. The van der Waals surface area contributed by atoms with Crippen molar-refractivity contribution in [2.45, 2.75) is 17.4 Å². The predicted molar refractivity (Wildman–Crippen MR) is 67.3 cm³/mol. The molecule has 1 aromatic rings. The number of thioether (sulfide) groups is 1. The highest BCUT2D eigenvalue weighted by molar-refractivity contribution is 7.99. The smallest absolute Gasteiger partial charge is 0.320 e. The molecular weight excluding hydrogens is 246 g/mol. The maximum atomic E-state index is 10.7. The van der Waals surface area contributed by atoms with Gasteiger partial charge in [-0.3, -0.25) is 4.79 Å². The highest BCUT2D eigenvalue weighted by Crippen LogP contribution is 2.21. The van der Waals surface area contributed by atoms with Gasteiger partial charge in [0.1, 0.15) is 6.04 Å². The molecule has 0 aromatic heterocycles. The molecule has 2 N–H and O–H groups in total. The molecule has 16 heavy (non-hydrogen) atoms. The lowest BCUT2D eigenvalue weighted by atomic mass is 10.2. The summed E-state index contributed by atoms with van der Waals surface area (Å²) in [6.07, 6.45) is 0.596. The molecule has 0 amide bonds. The van der Waals surface area contributed by atoms with Crippen molar-refractivity contribution in [2.75, 3.05) is 12.8 Å². The Labute approximate surface area is 104 Å². The molecule has 0 aliphatic rings. The molecule has 0 saturated carbocycles. The van der Waals surface area contributed by atoms with Crippen LogP contribution in [0.2, 0.25) is 5.02 Å². The average molecular weight is 260 g/mol. The van der Waals surface area contributed by atoms with Crippen LogP contribution >= 0.6 is 23.4 Å². The number of halogens is 1. The van der Waals surface area contributed by atoms with Gasteiger partial charge in [0.05, 0.1) is 0 Å². The zero-order valence-electron chi connectivity index (χ0n) is 8.94. The molecule has 3 nitrogen and oxygen atoms in total. The first kappa shape index (κ1) is 13.4. The van der Waals surface area contributed by atoms with Gasteiger partial charge in [0.25, 0.3) is 0 Å². The fourth-order valence-electron chi connectivity index (χ4n) is 1.22. The Balaban J connectivity index is 2.35.